The van der Waals surface area contributed by atoms with E-state index in [0.717, 1.165) is 13.0 Å². The van der Waals surface area contributed by atoms with Crippen molar-refractivity contribution in [3.05, 3.63) is 84.2 Å². The number of carbonyl (C=O) groups is 1. The maximum absolute atomic E-state index is 14.3. The Morgan fingerprint density at radius 2 is 1.70 bits per heavy atom. The monoisotopic (exact) mass is 485 g/mol. The molecule has 0 fully saturated rings. The molecule has 33 heavy (non-hydrogen) atoms. The summed E-state index contributed by atoms with van der Waals surface area (Å²) in [5, 5.41) is 0.475. The zero-order valence-electron chi connectivity index (χ0n) is 18.4. The second-order valence-electron chi connectivity index (χ2n) is 7.61. The summed E-state index contributed by atoms with van der Waals surface area (Å²) >= 11 is 1.31. The zero-order valence-corrected chi connectivity index (χ0v) is 20.0. The maximum atomic E-state index is 14.3. The summed E-state index contributed by atoms with van der Waals surface area (Å²) in [6.45, 7) is 1.27. The number of nitrogens with zero attached hydrogens (tertiary/aromatic N) is 3. The highest BCUT2D eigenvalue weighted by molar-refractivity contribution is 7.22. The molecular formula is C25H25ClFN3O2S. The Morgan fingerprint density at radius 3 is 2.42 bits per heavy atom. The number of fused-ring (bicyclic) bond motifs is 1. The van der Waals surface area contributed by atoms with Crippen LogP contribution in [0.1, 0.15) is 16.8 Å². The maximum Gasteiger partial charge on any atom is 0.263 e. The molecule has 0 radical (unpaired) electrons. The molecule has 3 aromatic carbocycles. The van der Waals surface area contributed by atoms with Gasteiger partial charge in [-0.1, -0.05) is 47.7 Å². The van der Waals surface area contributed by atoms with Crippen LogP contribution in [0.4, 0.5) is 9.52 Å². The Kier molecular flexibility index (Phi) is 8.38. The van der Waals surface area contributed by atoms with Crippen LogP contribution in [-0.2, 0) is 0 Å². The molecule has 172 valence electrons. The van der Waals surface area contributed by atoms with Gasteiger partial charge in [-0.15, -0.1) is 12.4 Å². The molecule has 4 aromatic rings. The van der Waals surface area contributed by atoms with Crippen molar-refractivity contribution < 1.29 is 13.9 Å². The average molecular weight is 486 g/mol. The minimum atomic E-state index is -0.390. The normalized spacial score (nSPS) is 10.8. The lowest BCUT2D eigenvalue weighted by atomic mass is 10.1. The van der Waals surface area contributed by atoms with Crippen molar-refractivity contribution in [3.8, 4) is 11.5 Å². The second-order valence-corrected chi connectivity index (χ2v) is 8.62. The predicted octanol–water partition coefficient (Wildman–Crippen LogP) is 6.25. The molecule has 1 heterocycles. The van der Waals surface area contributed by atoms with Crippen molar-refractivity contribution in [2.24, 2.45) is 0 Å². The lowest BCUT2D eigenvalue weighted by Crippen LogP contribution is -2.33. The van der Waals surface area contributed by atoms with Crippen LogP contribution < -0.4 is 9.64 Å². The number of carbonyl (C=O) groups excluding carboxylic acids is 1. The predicted molar refractivity (Wildman–Crippen MR) is 135 cm³/mol. The summed E-state index contributed by atoms with van der Waals surface area (Å²) in [4.78, 5) is 21.9. The van der Waals surface area contributed by atoms with E-state index in [0.29, 0.717) is 33.4 Å². The topological polar surface area (TPSA) is 45.7 Å². The van der Waals surface area contributed by atoms with Crippen molar-refractivity contribution in [3.63, 3.8) is 0 Å². The van der Waals surface area contributed by atoms with Crippen LogP contribution in [-0.4, -0.2) is 43.0 Å². The third-order valence-electron chi connectivity index (χ3n) is 4.91. The standard InChI is InChI=1S/C25H24FN3O2S.ClH/c1-28(2)16-9-17-29(25-27-23-20(26)13-8-15-22(23)32-25)24(30)19-12-6-7-14-21(19)31-18-10-4-3-5-11-18;/h3-8,10-15H,9,16-17H2,1-2H3;1H. The molecule has 0 unspecified atom stereocenters. The number of ether oxygens (including phenoxy) is 1. The summed E-state index contributed by atoms with van der Waals surface area (Å²) in [7, 11) is 3.98. The Labute approximate surface area is 202 Å². The number of hydrogen-bond acceptors (Lipinski definition) is 5. The highest BCUT2D eigenvalue weighted by Crippen LogP contribution is 2.33. The van der Waals surface area contributed by atoms with Crippen LogP contribution in [0.25, 0.3) is 10.2 Å². The van der Waals surface area contributed by atoms with Crippen LogP contribution in [0.3, 0.4) is 0 Å². The molecule has 8 heteroatoms. The quantitative estimate of drug-likeness (QED) is 0.296. The smallest absolute Gasteiger partial charge is 0.263 e. The largest absolute Gasteiger partial charge is 0.457 e. The Balaban J connectivity index is 0.00000306. The Morgan fingerprint density at radius 1 is 0.970 bits per heavy atom. The number of halogens is 2. The number of hydrogen-bond donors (Lipinski definition) is 0. The van der Waals surface area contributed by atoms with E-state index in [9.17, 15) is 9.18 Å². The third-order valence-corrected chi connectivity index (χ3v) is 5.95. The van der Waals surface area contributed by atoms with Gasteiger partial charge in [0.1, 0.15) is 22.8 Å². The van der Waals surface area contributed by atoms with E-state index in [1.165, 1.54) is 17.4 Å². The first-order valence-corrected chi connectivity index (χ1v) is 11.2. The third kappa shape index (κ3) is 5.87. The van der Waals surface area contributed by atoms with Gasteiger partial charge in [0.15, 0.2) is 5.13 Å². The lowest BCUT2D eigenvalue weighted by molar-refractivity contribution is 0.0984. The van der Waals surface area contributed by atoms with Crippen molar-refractivity contribution in [2.75, 3.05) is 32.1 Å². The molecule has 0 atom stereocenters. The molecule has 5 nitrogen and oxygen atoms in total. The molecule has 0 aliphatic carbocycles. The van der Waals surface area contributed by atoms with Gasteiger partial charge in [0.25, 0.3) is 5.91 Å². The van der Waals surface area contributed by atoms with Crippen LogP contribution in [0, 0.1) is 5.82 Å². The Bertz CT molecular complexity index is 1220. The minimum Gasteiger partial charge on any atom is -0.457 e. The molecule has 0 N–H and O–H groups in total. The fraction of sp³-hybridized carbons (Fsp3) is 0.200. The number of benzene rings is 3. The molecule has 0 saturated carbocycles. The molecule has 0 saturated heterocycles. The van der Waals surface area contributed by atoms with E-state index in [1.54, 1.807) is 29.2 Å². The molecule has 0 spiro atoms. The van der Waals surface area contributed by atoms with Crippen LogP contribution in [0.5, 0.6) is 11.5 Å². The summed E-state index contributed by atoms with van der Waals surface area (Å²) < 4.78 is 21.0. The van der Waals surface area contributed by atoms with Crippen molar-refractivity contribution in [1.29, 1.82) is 0 Å². The highest BCUT2D eigenvalue weighted by atomic mass is 35.5. The first kappa shape index (κ1) is 24.6. The molecular weight excluding hydrogens is 461 g/mol. The van der Waals surface area contributed by atoms with E-state index in [1.807, 2.05) is 56.6 Å². The van der Waals surface area contributed by atoms with Gasteiger partial charge in [0, 0.05) is 6.54 Å². The van der Waals surface area contributed by atoms with Crippen molar-refractivity contribution in [1.82, 2.24) is 9.88 Å². The van der Waals surface area contributed by atoms with E-state index < -0.39 is 5.82 Å². The van der Waals surface area contributed by atoms with Crippen molar-refractivity contribution in [2.45, 2.75) is 6.42 Å². The molecule has 1 amide bonds. The molecule has 4 rings (SSSR count). The van der Waals surface area contributed by atoms with Crippen LogP contribution in [0.15, 0.2) is 72.8 Å². The minimum absolute atomic E-state index is 0. The number of anilines is 1. The summed E-state index contributed by atoms with van der Waals surface area (Å²) in [5.41, 5.74) is 0.715. The summed E-state index contributed by atoms with van der Waals surface area (Å²) in [5.74, 6) is 0.496. The molecule has 0 bridgehead atoms. The SMILES string of the molecule is CN(C)CCCN(C(=O)c1ccccc1Oc1ccccc1)c1nc2c(F)cccc2s1.Cl. The average Bonchev–Trinajstić information content (AvgIpc) is 3.23. The first-order chi connectivity index (χ1) is 15.5. The summed E-state index contributed by atoms with van der Waals surface area (Å²) in [6, 6.07) is 21.3. The number of amides is 1. The zero-order chi connectivity index (χ0) is 22.5. The second kappa shape index (κ2) is 11.2. The van der Waals surface area contributed by atoms with Gasteiger partial charge < -0.3 is 9.64 Å². The van der Waals surface area contributed by atoms with Gasteiger partial charge in [0.2, 0.25) is 0 Å². The van der Waals surface area contributed by atoms with Gasteiger partial charge >= 0.3 is 0 Å². The number of para-hydroxylation sites is 3. The lowest BCUT2D eigenvalue weighted by Gasteiger charge is -2.22. The molecule has 0 aliphatic heterocycles. The van der Waals surface area contributed by atoms with Gasteiger partial charge in [-0.3, -0.25) is 9.69 Å². The van der Waals surface area contributed by atoms with E-state index in [2.05, 4.69) is 9.88 Å². The first-order valence-electron chi connectivity index (χ1n) is 10.4. The molecule has 1 aromatic heterocycles. The highest BCUT2D eigenvalue weighted by Gasteiger charge is 2.24. The van der Waals surface area contributed by atoms with E-state index in [-0.39, 0.29) is 23.8 Å². The van der Waals surface area contributed by atoms with Gasteiger partial charge in [0.05, 0.1) is 10.3 Å². The fourth-order valence-corrected chi connectivity index (χ4v) is 4.35. The van der Waals surface area contributed by atoms with E-state index in [4.69, 9.17) is 4.74 Å². The van der Waals surface area contributed by atoms with Crippen LogP contribution >= 0.6 is 23.7 Å². The van der Waals surface area contributed by atoms with Crippen LogP contribution in [0.2, 0.25) is 0 Å². The molecule has 0 aliphatic rings. The van der Waals surface area contributed by atoms with Crippen molar-refractivity contribution >= 4 is 45.0 Å². The number of thiazole rings is 1. The Hall–Kier alpha value is -3.00. The van der Waals surface area contributed by atoms with Gasteiger partial charge in [-0.25, -0.2) is 9.37 Å². The van der Waals surface area contributed by atoms with E-state index >= 15 is 0 Å². The van der Waals surface area contributed by atoms with Gasteiger partial charge in [-0.2, -0.15) is 0 Å². The van der Waals surface area contributed by atoms with Gasteiger partial charge in [-0.05, 0) is 63.5 Å². The summed E-state index contributed by atoms with van der Waals surface area (Å²) in [6.07, 6.45) is 0.749. The number of rotatable bonds is 8. The fourth-order valence-electron chi connectivity index (χ4n) is 3.34. The number of aromatic nitrogens is 1.